The molecule has 0 aliphatic carbocycles. The van der Waals surface area contributed by atoms with Crippen LogP contribution in [-0.4, -0.2) is 32.0 Å². The van der Waals surface area contributed by atoms with Gasteiger partial charge in [-0.2, -0.15) is 0 Å². The summed E-state index contributed by atoms with van der Waals surface area (Å²) < 4.78 is 0. The lowest BCUT2D eigenvalue weighted by molar-refractivity contribution is -0.121. The Kier molecular flexibility index (Phi) is 9.78. The molecule has 0 aliphatic rings. The van der Waals surface area contributed by atoms with Crippen molar-refractivity contribution in [3.63, 3.8) is 0 Å². The van der Waals surface area contributed by atoms with Crippen LogP contribution in [0.25, 0.3) is 0 Å². The molecule has 0 aliphatic heterocycles. The molecule has 2 amide bonds. The Morgan fingerprint density at radius 1 is 1.14 bits per heavy atom. The summed E-state index contributed by atoms with van der Waals surface area (Å²) in [7, 11) is 1.79. The summed E-state index contributed by atoms with van der Waals surface area (Å²) in [6, 6.07) is 5.35. The fourth-order valence-corrected chi connectivity index (χ4v) is 1.77. The summed E-state index contributed by atoms with van der Waals surface area (Å²) in [6.45, 7) is 2.80. The summed E-state index contributed by atoms with van der Waals surface area (Å²) in [5.41, 5.74) is 1.53. The normalized spacial score (nSPS) is 9.67. The second-order valence-corrected chi connectivity index (χ2v) is 4.82. The monoisotopic (exact) mass is 333 g/mol. The number of amides is 2. The number of carbonyl (C=O) groups excluding carboxylic acids is 2. The third kappa shape index (κ3) is 7.32. The molecule has 0 radical (unpaired) electrons. The van der Waals surface area contributed by atoms with Crippen LogP contribution in [0.2, 0.25) is 5.02 Å². The van der Waals surface area contributed by atoms with Gasteiger partial charge in [0, 0.05) is 36.6 Å². The Labute approximate surface area is 136 Å². The van der Waals surface area contributed by atoms with E-state index < -0.39 is 0 Å². The zero-order valence-corrected chi connectivity index (χ0v) is 13.7. The molecule has 0 unspecified atom stereocenters. The van der Waals surface area contributed by atoms with Crippen molar-refractivity contribution in [3.05, 3.63) is 28.8 Å². The van der Waals surface area contributed by atoms with Crippen LogP contribution in [0.4, 0.5) is 5.69 Å². The number of rotatable bonds is 7. The third-order valence-electron chi connectivity index (χ3n) is 2.82. The first-order chi connectivity index (χ1) is 9.54. The molecule has 7 heteroatoms. The molecular weight excluding hydrogens is 313 g/mol. The van der Waals surface area contributed by atoms with Gasteiger partial charge in [-0.25, -0.2) is 0 Å². The summed E-state index contributed by atoms with van der Waals surface area (Å²) in [5.74, 6) is -0.213. The molecule has 1 rings (SSSR count). The van der Waals surface area contributed by atoms with Crippen molar-refractivity contribution in [2.24, 2.45) is 0 Å². The largest absolute Gasteiger partial charge is 0.356 e. The smallest absolute Gasteiger partial charge is 0.226 e. The Morgan fingerprint density at radius 2 is 1.81 bits per heavy atom. The van der Waals surface area contributed by atoms with Gasteiger partial charge in [-0.05, 0) is 31.7 Å². The van der Waals surface area contributed by atoms with Gasteiger partial charge in [0.15, 0.2) is 0 Å². The first-order valence-corrected chi connectivity index (χ1v) is 6.88. The molecular formula is C14H21Cl2N3O2. The van der Waals surface area contributed by atoms with E-state index in [-0.39, 0.29) is 30.6 Å². The van der Waals surface area contributed by atoms with Gasteiger partial charge in [-0.15, -0.1) is 12.4 Å². The van der Waals surface area contributed by atoms with Crippen molar-refractivity contribution in [1.29, 1.82) is 0 Å². The molecule has 0 fully saturated rings. The van der Waals surface area contributed by atoms with Crippen molar-refractivity contribution in [2.45, 2.75) is 19.8 Å². The van der Waals surface area contributed by atoms with Crippen molar-refractivity contribution in [2.75, 3.05) is 25.5 Å². The molecule has 0 atom stereocenters. The van der Waals surface area contributed by atoms with Gasteiger partial charge in [0.05, 0.1) is 0 Å². The van der Waals surface area contributed by atoms with Crippen molar-refractivity contribution in [3.8, 4) is 0 Å². The second-order valence-electron chi connectivity index (χ2n) is 4.41. The average Bonchev–Trinajstić information content (AvgIpc) is 2.41. The van der Waals surface area contributed by atoms with Crippen LogP contribution in [0.5, 0.6) is 0 Å². The standard InChI is InChI=1S/C14H20ClN3O2.ClH/c1-10-11(15)4-3-5-12(10)18-14(20)7-9-17-13(19)6-8-16-2;/h3-5,16H,6-9H2,1-2H3,(H,17,19)(H,18,20);1H. The van der Waals surface area contributed by atoms with E-state index in [0.29, 0.717) is 30.2 Å². The topological polar surface area (TPSA) is 70.2 Å². The first-order valence-electron chi connectivity index (χ1n) is 6.51. The summed E-state index contributed by atoms with van der Waals surface area (Å²) in [5, 5.41) is 8.98. The molecule has 0 bridgehead atoms. The predicted octanol–water partition coefficient (Wildman–Crippen LogP) is 2.12. The molecule has 5 nitrogen and oxygen atoms in total. The first kappa shape index (κ1) is 19.7. The zero-order valence-electron chi connectivity index (χ0n) is 12.2. The quantitative estimate of drug-likeness (QED) is 0.715. The van der Waals surface area contributed by atoms with E-state index in [9.17, 15) is 9.59 Å². The lowest BCUT2D eigenvalue weighted by atomic mass is 10.2. The van der Waals surface area contributed by atoms with Crippen LogP contribution >= 0.6 is 24.0 Å². The minimum absolute atomic E-state index is 0. The van der Waals surface area contributed by atoms with Gasteiger partial charge in [0.2, 0.25) is 11.8 Å². The van der Waals surface area contributed by atoms with E-state index in [1.54, 1.807) is 25.2 Å². The molecule has 0 aromatic heterocycles. The number of anilines is 1. The highest BCUT2D eigenvalue weighted by Crippen LogP contribution is 2.22. The molecule has 1 aromatic carbocycles. The second kappa shape index (κ2) is 10.4. The third-order valence-corrected chi connectivity index (χ3v) is 3.23. The SMILES string of the molecule is CNCCC(=O)NCCC(=O)Nc1cccc(Cl)c1C.Cl. The Bertz CT molecular complexity index is 481. The molecule has 0 heterocycles. The fraction of sp³-hybridized carbons (Fsp3) is 0.429. The van der Waals surface area contributed by atoms with Gasteiger partial charge in [-0.1, -0.05) is 17.7 Å². The van der Waals surface area contributed by atoms with E-state index in [0.717, 1.165) is 5.56 Å². The minimum atomic E-state index is -0.149. The lowest BCUT2D eigenvalue weighted by Crippen LogP contribution is -2.29. The van der Waals surface area contributed by atoms with E-state index in [1.165, 1.54) is 0 Å². The number of hydrogen-bond donors (Lipinski definition) is 3. The minimum Gasteiger partial charge on any atom is -0.356 e. The molecule has 1 aromatic rings. The number of benzene rings is 1. The van der Waals surface area contributed by atoms with E-state index in [2.05, 4.69) is 16.0 Å². The molecule has 21 heavy (non-hydrogen) atoms. The number of nitrogens with one attached hydrogen (secondary N) is 3. The maximum Gasteiger partial charge on any atom is 0.226 e. The zero-order chi connectivity index (χ0) is 15.0. The van der Waals surface area contributed by atoms with Crippen LogP contribution in [-0.2, 0) is 9.59 Å². The van der Waals surface area contributed by atoms with Gasteiger partial charge >= 0.3 is 0 Å². The highest BCUT2D eigenvalue weighted by molar-refractivity contribution is 6.31. The van der Waals surface area contributed by atoms with Crippen LogP contribution in [0.3, 0.4) is 0 Å². The average molecular weight is 334 g/mol. The number of carbonyl (C=O) groups is 2. The maximum absolute atomic E-state index is 11.8. The molecule has 0 saturated carbocycles. The van der Waals surface area contributed by atoms with Crippen LogP contribution in [0.1, 0.15) is 18.4 Å². The fourth-order valence-electron chi connectivity index (χ4n) is 1.60. The molecule has 3 N–H and O–H groups in total. The van der Waals surface area contributed by atoms with Gasteiger partial charge in [0.25, 0.3) is 0 Å². The molecule has 0 saturated heterocycles. The van der Waals surface area contributed by atoms with Crippen LogP contribution in [0, 0.1) is 6.92 Å². The van der Waals surface area contributed by atoms with E-state index >= 15 is 0 Å². The number of halogens is 2. The lowest BCUT2D eigenvalue weighted by Gasteiger charge is -2.10. The highest BCUT2D eigenvalue weighted by atomic mass is 35.5. The Hall–Kier alpha value is -1.30. The number of hydrogen-bond acceptors (Lipinski definition) is 3. The van der Waals surface area contributed by atoms with Gasteiger partial charge < -0.3 is 16.0 Å². The van der Waals surface area contributed by atoms with E-state index in [1.807, 2.05) is 6.92 Å². The van der Waals surface area contributed by atoms with Crippen molar-refractivity contribution < 1.29 is 9.59 Å². The van der Waals surface area contributed by atoms with Gasteiger partial charge in [0.1, 0.15) is 0 Å². The predicted molar refractivity (Wildman–Crippen MR) is 88.2 cm³/mol. The molecule has 118 valence electrons. The van der Waals surface area contributed by atoms with Gasteiger partial charge in [-0.3, -0.25) is 9.59 Å². The summed E-state index contributed by atoms with van der Waals surface area (Å²) in [4.78, 5) is 23.1. The molecule has 0 spiro atoms. The Morgan fingerprint density at radius 3 is 2.48 bits per heavy atom. The summed E-state index contributed by atoms with van der Waals surface area (Å²) in [6.07, 6.45) is 0.642. The van der Waals surface area contributed by atoms with Crippen LogP contribution in [0.15, 0.2) is 18.2 Å². The van der Waals surface area contributed by atoms with Crippen molar-refractivity contribution >= 4 is 41.5 Å². The maximum atomic E-state index is 11.8. The van der Waals surface area contributed by atoms with E-state index in [4.69, 9.17) is 11.6 Å². The van der Waals surface area contributed by atoms with Crippen molar-refractivity contribution in [1.82, 2.24) is 10.6 Å². The van der Waals surface area contributed by atoms with Crippen LogP contribution < -0.4 is 16.0 Å². The summed E-state index contributed by atoms with van der Waals surface area (Å²) >= 11 is 5.98. The highest BCUT2D eigenvalue weighted by Gasteiger charge is 2.07. The Balaban J connectivity index is 0.00000400.